The van der Waals surface area contributed by atoms with Crippen LogP contribution in [0.2, 0.25) is 0 Å². The van der Waals surface area contributed by atoms with Crippen molar-refractivity contribution in [3.63, 3.8) is 0 Å². The van der Waals surface area contributed by atoms with E-state index in [0.717, 1.165) is 19.4 Å². The highest BCUT2D eigenvalue weighted by Gasteiger charge is 2.42. The highest BCUT2D eigenvalue weighted by Crippen LogP contribution is 2.34. The number of nitrogens with one attached hydrogen (secondary N) is 1. The molecular weight excluding hydrogens is 260 g/mol. The molecule has 2 saturated heterocycles. The summed E-state index contributed by atoms with van der Waals surface area (Å²) in [7, 11) is 0. The topological polar surface area (TPSA) is 82.8 Å². The number of carbonyl (C=O) groups excluding carboxylic acids is 1. The lowest BCUT2D eigenvalue weighted by Gasteiger charge is -2.39. The van der Waals surface area contributed by atoms with E-state index in [-0.39, 0.29) is 29.7 Å². The van der Waals surface area contributed by atoms with Crippen molar-refractivity contribution in [3.8, 4) is 0 Å². The number of rotatable bonds is 3. The summed E-state index contributed by atoms with van der Waals surface area (Å²) in [5, 5.41) is 11.8. The minimum Gasteiger partial charge on any atom is -0.475 e. The molecule has 20 heavy (non-hydrogen) atoms. The van der Waals surface area contributed by atoms with Gasteiger partial charge in [0, 0.05) is 12.6 Å². The Bertz CT molecular complexity index is 539. The van der Waals surface area contributed by atoms with Gasteiger partial charge in [-0.3, -0.25) is 9.69 Å². The molecule has 2 N–H and O–H groups in total. The predicted molar refractivity (Wildman–Crippen MR) is 70.3 cm³/mol. The molecule has 3 heterocycles. The molecule has 2 aliphatic heterocycles. The van der Waals surface area contributed by atoms with Crippen LogP contribution in [0.4, 0.5) is 0 Å². The van der Waals surface area contributed by atoms with Crippen LogP contribution in [-0.4, -0.2) is 41.0 Å². The summed E-state index contributed by atoms with van der Waals surface area (Å²) in [4.78, 5) is 24.9. The molecule has 6 nitrogen and oxygen atoms in total. The van der Waals surface area contributed by atoms with Crippen molar-refractivity contribution in [2.24, 2.45) is 5.92 Å². The van der Waals surface area contributed by atoms with E-state index < -0.39 is 5.97 Å². The highest BCUT2D eigenvalue weighted by molar-refractivity contribution is 5.84. The Morgan fingerprint density at radius 3 is 3.05 bits per heavy atom. The summed E-state index contributed by atoms with van der Waals surface area (Å²) in [6, 6.07) is 3.35. The minimum absolute atomic E-state index is 0.0244. The first-order valence-corrected chi connectivity index (χ1v) is 6.94. The molecule has 2 aliphatic rings. The van der Waals surface area contributed by atoms with Crippen molar-refractivity contribution in [3.05, 3.63) is 23.7 Å². The standard InChI is InChI=1S/C14H18N2O4/c1-8(11-4-5-12(20-11)14(18)19)16-6-2-3-9-10(16)7-15-13(9)17/h4-5,8-10H,2-3,6-7H2,1H3,(H,15,17)(H,18,19). The Balaban J connectivity index is 1.80. The average Bonchev–Trinajstić information content (AvgIpc) is 3.05. The Hall–Kier alpha value is -1.82. The summed E-state index contributed by atoms with van der Waals surface area (Å²) in [6.07, 6.45) is 1.91. The maximum atomic E-state index is 11.8. The number of carbonyl (C=O) groups is 2. The lowest BCUT2D eigenvalue weighted by atomic mass is 9.90. The van der Waals surface area contributed by atoms with Crippen LogP contribution in [0.25, 0.3) is 0 Å². The molecule has 2 fully saturated rings. The van der Waals surface area contributed by atoms with Crippen molar-refractivity contribution in [1.29, 1.82) is 0 Å². The van der Waals surface area contributed by atoms with Crippen LogP contribution in [0, 0.1) is 5.92 Å². The van der Waals surface area contributed by atoms with Gasteiger partial charge in [0.2, 0.25) is 11.7 Å². The van der Waals surface area contributed by atoms with Crippen LogP contribution < -0.4 is 5.32 Å². The normalized spacial score (nSPS) is 27.9. The van der Waals surface area contributed by atoms with Gasteiger partial charge in [-0.05, 0) is 38.4 Å². The van der Waals surface area contributed by atoms with Crippen LogP contribution in [0.3, 0.4) is 0 Å². The number of piperidine rings is 1. The fourth-order valence-electron chi connectivity index (χ4n) is 3.32. The van der Waals surface area contributed by atoms with Crippen LogP contribution in [0.5, 0.6) is 0 Å². The number of amides is 1. The van der Waals surface area contributed by atoms with Gasteiger partial charge < -0.3 is 14.8 Å². The second kappa shape index (κ2) is 4.94. The molecule has 0 spiro atoms. The van der Waals surface area contributed by atoms with Crippen molar-refractivity contribution in [2.45, 2.75) is 31.8 Å². The zero-order valence-corrected chi connectivity index (χ0v) is 11.3. The number of aromatic carboxylic acids is 1. The molecule has 0 bridgehead atoms. The zero-order valence-electron chi connectivity index (χ0n) is 11.3. The van der Waals surface area contributed by atoms with Gasteiger partial charge >= 0.3 is 5.97 Å². The van der Waals surface area contributed by atoms with E-state index in [0.29, 0.717) is 12.3 Å². The minimum atomic E-state index is -1.06. The Morgan fingerprint density at radius 2 is 2.35 bits per heavy atom. The number of carboxylic acids is 1. The predicted octanol–water partition coefficient (Wildman–Crippen LogP) is 1.25. The lowest BCUT2D eigenvalue weighted by Crippen LogP contribution is -2.46. The van der Waals surface area contributed by atoms with Crippen LogP contribution in [0.15, 0.2) is 16.5 Å². The summed E-state index contributed by atoms with van der Waals surface area (Å²) < 4.78 is 5.39. The van der Waals surface area contributed by atoms with Gasteiger partial charge in [-0.15, -0.1) is 0 Å². The number of fused-ring (bicyclic) bond motifs is 1. The largest absolute Gasteiger partial charge is 0.475 e. The van der Waals surface area contributed by atoms with E-state index in [2.05, 4.69) is 10.2 Å². The first-order valence-electron chi connectivity index (χ1n) is 6.94. The number of hydrogen-bond donors (Lipinski definition) is 2. The van der Waals surface area contributed by atoms with Gasteiger partial charge in [-0.25, -0.2) is 4.79 Å². The summed E-state index contributed by atoms with van der Waals surface area (Å²) in [5.41, 5.74) is 0. The van der Waals surface area contributed by atoms with Crippen molar-refractivity contribution >= 4 is 11.9 Å². The molecule has 0 radical (unpaired) electrons. The molecule has 0 aromatic carbocycles. The highest BCUT2D eigenvalue weighted by atomic mass is 16.4. The second-order valence-corrected chi connectivity index (χ2v) is 5.48. The average molecular weight is 278 g/mol. The molecule has 3 rings (SSSR count). The van der Waals surface area contributed by atoms with E-state index in [9.17, 15) is 9.59 Å². The Kier molecular flexibility index (Phi) is 3.25. The van der Waals surface area contributed by atoms with Gasteiger partial charge in [0.05, 0.1) is 12.0 Å². The van der Waals surface area contributed by atoms with Crippen LogP contribution >= 0.6 is 0 Å². The fourth-order valence-corrected chi connectivity index (χ4v) is 3.32. The van der Waals surface area contributed by atoms with Gasteiger partial charge in [-0.2, -0.15) is 0 Å². The third-order valence-electron chi connectivity index (χ3n) is 4.39. The number of nitrogens with zero attached hydrogens (tertiary/aromatic N) is 1. The summed E-state index contributed by atoms with van der Waals surface area (Å²) >= 11 is 0. The molecule has 1 aromatic rings. The number of likely N-dealkylation sites (tertiary alicyclic amines) is 1. The molecule has 1 aromatic heterocycles. The number of furan rings is 1. The molecule has 3 atom stereocenters. The maximum absolute atomic E-state index is 11.8. The van der Waals surface area contributed by atoms with Crippen LogP contribution in [0.1, 0.15) is 42.1 Å². The smallest absolute Gasteiger partial charge is 0.371 e. The van der Waals surface area contributed by atoms with Crippen molar-refractivity contribution < 1.29 is 19.1 Å². The lowest BCUT2D eigenvalue weighted by molar-refractivity contribution is -0.124. The summed E-state index contributed by atoms with van der Waals surface area (Å²) in [6.45, 7) is 3.57. The van der Waals surface area contributed by atoms with Gasteiger partial charge in [-0.1, -0.05) is 0 Å². The molecule has 3 unspecified atom stereocenters. The van der Waals surface area contributed by atoms with Gasteiger partial charge in [0.15, 0.2) is 0 Å². The fraction of sp³-hybridized carbons (Fsp3) is 0.571. The van der Waals surface area contributed by atoms with E-state index in [1.54, 1.807) is 6.07 Å². The van der Waals surface area contributed by atoms with E-state index in [1.165, 1.54) is 6.07 Å². The Morgan fingerprint density at radius 1 is 1.55 bits per heavy atom. The molecular formula is C14H18N2O4. The number of carboxylic acid groups (broad SMARTS) is 1. The molecule has 1 amide bonds. The summed E-state index contributed by atoms with van der Waals surface area (Å²) in [5.74, 6) is -0.265. The molecule has 0 aliphatic carbocycles. The monoisotopic (exact) mass is 278 g/mol. The first kappa shape index (κ1) is 13.2. The van der Waals surface area contributed by atoms with E-state index >= 15 is 0 Å². The third-order valence-corrected chi connectivity index (χ3v) is 4.39. The van der Waals surface area contributed by atoms with E-state index in [1.807, 2.05) is 6.92 Å². The van der Waals surface area contributed by atoms with Crippen molar-refractivity contribution in [1.82, 2.24) is 10.2 Å². The molecule has 0 saturated carbocycles. The van der Waals surface area contributed by atoms with Crippen molar-refractivity contribution in [2.75, 3.05) is 13.1 Å². The molecule has 6 heteroatoms. The second-order valence-electron chi connectivity index (χ2n) is 5.48. The quantitative estimate of drug-likeness (QED) is 0.869. The zero-order chi connectivity index (χ0) is 14.3. The van der Waals surface area contributed by atoms with E-state index in [4.69, 9.17) is 9.52 Å². The third kappa shape index (κ3) is 2.10. The SMILES string of the molecule is CC(c1ccc(C(=O)O)o1)N1CCCC2C(=O)NCC21. The maximum Gasteiger partial charge on any atom is 0.371 e. The van der Waals surface area contributed by atoms with Crippen LogP contribution in [-0.2, 0) is 4.79 Å². The number of hydrogen-bond acceptors (Lipinski definition) is 4. The van der Waals surface area contributed by atoms with Gasteiger partial charge in [0.1, 0.15) is 5.76 Å². The Labute approximate surface area is 116 Å². The van der Waals surface area contributed by atoms with Gasteiger partial charge in [0.25, 0.3) is 0 Å². The first-order chi connectivity index (χ1) is 9.58. The molecule has 108 valence electrons.